The maximum atomic E-state index is 12.4. The number of hydrogen-bond acceptors (Lipinski definition) is 6. The van der Waals surface area contributed by atoms with Gasteiger partial charge in [0.2, 0.25) is 0 Å². The molecule has 134 valence electrons. The third-order valence-electron chi connectivity index (χ3n) is 3.57. The van der Waals surface area contributed by atoms with E-state index in [1.54, 1.807) is 24.3 Å². The van der Waals surface area contributed by atoms with Crippen LogP contribution in [0.1, 0.15) is 26.6 Å². The van der Waals surface area contributed by atoms with Crippen LogP contribution < -0.4 is 10.5 Å². The summed E-state index contributed by atoms with van der Waals surface area (Å²) in [5.41, 5.74) is 6.00. The molecule has 0 bridgehead atoms. The van der Waals surface area contributed by atoms with Gasteiger partial charge in [-0.3, -0.25) is 4.79 Å². The highest BCUT2D eigenvalue weighted by atomic mass is 19.1. The van der Waals surface area contributed by atoms with Crippen LogP contribution in [0.3, 0.4) is 0 Å². The number of rotatable bonds is 7. The number of Topliss-reactive ketones (excluding diaryl/α,β-unsaturated/α-hetero) is 1. The van der Waals surface area contributed by atoms with Gasteiger partial charge in [0.15, 0.2) is 5.82 Å². The maximum Gasteiger partial charge on any atom is 0.257 e. The Kier molecular flexibility index (Phi) is 6.03. The first kappa shape index (κ1) is 18.8. The molecule has 0 aliphatic heterocycles. The zero-order valence-corrected chi connectivity index (χ0v) is 14.6. The molecule has 1 heterocycles. The highest BCUT2D eigenvalue weighted by molar-refractivity contribution is 5.85. The number of ether oxygens (including phenoxy) is 1. The van der Waals surface area contributed by atoms with E-state index in [9.17, 15) is 9.18 Å². The Morgan fingerprint density at radius 1 is 1.32 bits per heavy atom. The second kappa shape index (κ2) is 8.02. The molecule has 2 rings (SSSR count). The van der Waals surface area contributed by atoms with Crippen LogP contribution in [0, 0.1) is 5.41 Å². The molecule has 25 heavy (non-hydrogen) atoms. The predicted octanol–water partition coefficient (Wildman–Crippen LogP) is 3.09. The predicted molar refractivity (Wildman–Crippen MR) is 91.6 cm³/mol. The van der Waals surface area contributed by atoms with Crippen LogP contribution in [0.2, 0.25) is 0 Å². The zero-order chi connectivity index (χ0) is 18.4. The normalized spacial score (nSPS) is 12.3. The molecular formula is C18H22FN3O3. The van der Waals surface area contributed by atoms with Crippen molar-refractivity contribution >= 4 is 5.78 Å². The van der Waals surface area contributed by atoms with Crippen LogP contribution in [0.4, 0.5) is 4.39 Å². The van der Waals surface area contributed by atoms with Crippen LogP contribution in [0.15, 0.2) is 40.7 Å². The molecule has 0 radical (unpaired) electrons. The van der Waals surface area contributed by atoms with E-state index in [1.165, 1.54) is 0 Å². The van der Waals surface area contributed by atoms with Crippen LogP contribution in [-0.4, -0.2) is 29.1 Å². The number of nitrogens with zero attached hydrogens (tertiary/aromatic N) is 2. The summed E-state index contributed by atoms with van der Waals surface area (Å²) in [6, 6.07) is 6.93. The van der Waals surface area contributed by atoms with Crippen molar-refractivity contribution < 1.29 is 18.4 Å². The number of carbonyl (C=O) groups is 1. The van der Waals surface area contributed by atoms with Crippen molar-refractivity contribution in [3.63, 3.8) is 0 Å². The molecule has 0 aliphatic rings. The molecule has 0 saturated heterocycles. The Morgan fingerprint density at radius 2 is 2.00 bits per heavy atom. The Bertz CT molecular complexity index is 746. The first-order valence-corrected chi connectivity index (χ1v) is 7.91. The number of nitrogens with two attached hydrogens (primary N) is 1. The van der Waals surface area contributed by atoms with E-state index in [-0.39, 0.29) is 25.4 Å². The largest absolute Gasteiger partial charge is 0.489 e. The highest BCUT2D eigenvalue weighted by Crippen LogP contribution is 2.22. The molecule has 1 aromatic carbocycles. The van der Waals surface area contributed by atoms with E-state index in [4.69, 9.17) is 15.0 Å². The first-order valence-electron chi connectivity index (χ1n) is 7.91. The monoisotopic (exact) mass is 347 g/mol. The van der Waals surface area contributed by atoms with Gasteiger partial charge < -0.3 is 15.0 Å². The lowest BCUT2D eigenvalue weighted by Gasteiger charge is -2.14. The quantitative estimate of drug-likeness (QED) is 0.827. The minimum atomic E-state index is -0.448. The van der Waals surface area contributed by atoms with Crippen molar-refractivity contribution in [1.29, 1.82) is 0 Å². The van der Waals surface area contributed by atoms with E-state index >= 15 is 0 Å². The molecule has 7 heteroatoms. The summed E-state index contributed by atoms with van der Waals surface area (Å²) < 4.78 is 23.1. The van der Waals surface area contributed by atoms with Crippen molar-refractivity contribution in [1.82, 2.24) is 10.1 Å². The standard InChI is InChI=1S/C18H22FN3O3/c1-18(2,3)15(23)8-16-21-17(25-22-16)13-4-6-14(7-5-13)24-11-12(9-19)10-20/h4-7,9H,8,10-11,20H2,1-3H3/b12-9+. The minimum absolute atomic E-state index is 0.0419. The van der Waals surface area contributed by atoms with E-state index in [2.05, 4.69) is 10.1 Å². The molecule has 0 unspecified atom stereocenters. The number of hydrogen-bond donors (Lipinski definition) is 1. The van der Waals surface area contributed by atoms with E-state index in [0.717, 1.165) is 0 Å². The van der Waals surface area contributed by atoms with Gasteiger partial charge in [-0.2, -0.15) is 4.98 Å². The molecule has 2 N–H and O–H groups in total. The number of ketones is 1. The van der Waals surface area contributed by atoms with Gasteiger partial charge in [0, 0.05) is 23.1 Å². The van der Waals surface area contributed by atoms with Gasteiger partial charge in [0.05, 0.1) is 12.8 Å². The fourth-order valence-electron chi connectivity index (χ4n) is 1.86. The molecular weight excluding hydrogens is 325 g/mol. The number of carbonyl (C=O) groups excluding carboxylic acids is 1. The lowest BCUT2D eigenvalue weighted by molar-refractivity contribution is -0.125. The summed E-state index contributed by atoms with van der Waals surface area (Å²) in [6.07, 6.45) is 0.582. The fraction of sp³-hybridized carbons (Fsp3) is 0.389. The van der Waals surface area contributed by atoms with Crippen LogP contribution in [0.25, 0.3) is 11.5 Å². The molecule has 0 atom stereocenters. The van der Waals surface area contributed by atoms with Gasteiger partial charge in [-0.25, -0.2) is 4.39 Å². The fourth-order valence-corrected chi connectivity index (χ4v) is 1.86. The molecule has 2 aromatic rings. The second-order valence-corrected chi connectivity index (χ2v) is 6.65. The van der Waals surface area contributed by atoms with Crippen molar-refractivity contribution in [3.8, 4) is 17.2 Å². The van der Waals surface area contributed by atoms with Gasteiger partial charge in [-0.15, -0.1) is 0 Å². The number of benzene rings is 1. The molecule has 6 nitrogen and oxygen atoms in total. The third-order valence-corrected chi connectivity index (χ3v) is 3.57. The summed E-state index contributed by atoms with van der Waals surface area (Å²) in [5.74, 6) is 1.30. The molecule has 0 aliphatic carbocycles. The minimum Gasteiger partial charge on any atom is -0.489 e. The van der Waals surface area contributed by atoms with Gasteiger partial charge in [0.25, 0.3) is 5.89 Å². The van der Waals surface area contributed by atoms with E-state index in [1.807, 2.05) is 20.8 Å². The van der Waals surface area contributed by atoms with Gasteiger partial charge in [0.1, 0.15) is 18.1 Å². The first-order chi connectivity index (χ1) is 11.8. The topological polar surface area (TPSA) is 91.2 Å². The van der Waals surface area contributed by atoms with Crippen molar-refractivity contribution in [2.24, 2.45) is 11.1 Å². The van der Waals surface area contributed by atoms with Crippen LogP contribution in [-0.2, 0) is 11.2 Å². The van der Waals surface area contributed by atoms with E-state index < -0.39 is 5.41 Å². The van der Waals surface area contributed by atoms with E-state index in [0.29, 0.717) is 34.9 Å². The summed E-state index contributed by atoms with van der Waals surface area (Å²) >= 11 is 0. The van der Waals surface area contributed by atoms with Gasteiger partial charge in [-0.1, -0.05) is 25.9 Å². The van der Waals surface area contributed by atoms with Crippen molar-refractivity contribution in [2.75, 3.05) is 13.2 Å². The van der Waals surface area contributed by atoms with Crippen molar-refractivity contribution in [3.05, 3.63) is 42.0 Å². The number of aromatic nitrogens is 2. The van der Waals surface area contributed by atoms with Gasteiger partial charge >= 0.3 is 0 Å². The second-order valence-electron chi connectivity index (χ2n) is 6.65. The average Bonchev–Trinajstić information content (AvgIpc) is 3.04. The summed E-state index contributed by atoms with van der Waals surface area (Å²) in [6.45, 7) is 5.74. The molecule has 0 amide bonds. The van der Waals surface area contributed by atoms with Crippen LogP contribution >= 0.6 is 0 Å². The molecule has 0 fully saturated rings. The summed E-state index contributed by atoms with van der Waals surface area (Å²) in [4.78, 5) is 16.3. The Morgan fingerprint density at radius 3 is 2.56 bits per heavy atom. The average molecular weight is 347 g/mol. The maximum absolute atomic E-state index is 12.4. The molecule has 0 saturated carbocycles. The van der Waals surface area contributed by atoms with Crippen molar-refractivity contribution in [2.45, 2.75) is 27.2 Å². The number of halogens is 1. The zero-order valence-electron chi connectivity index (χ0n) is 14.6. The highest BCUT2D eigenvalue weighted by Gasteiger charge is 2.23. The summed E-state index contributed by atoms with van der Waals surface area (Å²) in [7, 11) is 0. The van der Waals surface area contributed by atoms with Gasteiger partial charge in [-0.05, 0) is 24.3 Å². The smallest absolute Gasteiger partial charge is 0.257 e. The third kappa shape index (κ3) is 5.22. The Hall–Kier alpha value is -2.54. The SMILES string of the molecule is CC(C)(C)C(=O)Cc1noc(-c2ccc(OC/C(=C/F)CN)cc2)n1. The molecule has 0 spiro atoms. The molecule has 1 aromatic heterocycles. The lowest BCUT2D eigenvalue weighted by Crippen LogP contribution is -2.22. The van der Waals surface area contributed by atoms with Crippen LogP contribution in [0.5, 0.6) is 5.75 Å². The Labute approximate surface area is 145 Å². The Balaban J connectivity index is 2.02. The summed E-state index contributed by atoms with van der Waals surface area (Å²) in [5, 5.41) is 3.85. The lowest BCUT2D eigenvalue weighted by atomic mass is 9.89.